The standard InChI is InChI=1S/C18H25N3/c1-3-5-13-21(18-9-7-6-8-10-18)15-17-14-16(19-4-2)11-12-20-17/h6-12,14H,3-5,13,15H2,1-2H3,(H,19,20). The first-order valence-electron chi connectivity index (χ1n) is 7.82. The zero-order valence-corrected chi connectivity index (χ0v) is 13.0. The van der Waals surface area contributed by atoms with E-state index in [-0.39, 0.29) is 0 Å². The number of hydrogen-bond acceptors (Lipinski definition) is 3. The predicted octanol–water partition coefficient (Wildman–Crippen LogP) is 4.32. The summed E-state index contributed by atoms with van der Waals surface area (Å²) in [5, 5.41) is 3.35. The van der Waals surface area contributed by atoms with E-state index in [1.807, 2.05) is 12.3 Å². The van der Waals surface area contributed by atoms with Crippen molar-refractivity contribution in [2.75, 3.05) is 23.3 Å². The van der Waals surface area contributed by atoms with E-state index in [1.54, 1.807) is 0 Å². The molecule has 0 aliphatic heterocycles. The number of aromatic nitrogens is 1. The second-order valence-corrected chi connectivity index (χ2v) is 5.18. The predicted molar refractivity (Wildman–Crippen MR) is 90.8 cm³/mol. The molecular weight excluding hydrogens is 258 g/mol. The van der Waals surface area contributed by atoms with Crippen LogP contribution in [0.15, 0.2) is 48.7 Å². The third-order valence-electron chi connectivity index (χ3n) is 3.45. The number of anilines is 2. The monoisotopic (exact) mass is 283 g/mol. The van der Waals surface area contributed by atoms with Gasteiger partial charge in [0.15, 0.2) is 0 Å². The van der Waals surface area contributed by atoms with Gasteiger partial charge < -0.3 is 10.2 Å². The second-order valence-electron chi connectivity index (χ2n) is 5.18. The van der Waals surface area contributed by atoms with E-state index in [4.69, 9.17) is 0 Å². The molecule has 3 nitrogen and oxygen atoms in total. The summed E-state index contributed by atoms with van der Waals surface area (Å²) in [6.07, 6.45) is 4.28. The highest BCUT2D eigenvalue weighted by Gasteiger charge is 2.08. The van der Waals surface area contributed by atoms with Crippen LogP contribution in [0.3, 0.4) is 0 Å². The Kier molecular flexibility index (Phi) is 6.07. The molecule has 0 saturated carbocycles. The highest BCUT2D eigenvalue weighted by atomic mass is 15.1. The minimum atomic E-state index is 0.850. The van der Waals surface area contributed by atoms with Crippen LogP contribution in [0.1, 0.15) is 32.4 Å². The molecule has 1 heterocycles. The van der Waals surface area contributed by atoms with Crippen molar-refractivity contribution in [3.63, 3.8) is 0 Å². The molecule has 0 unspecified atom stereocenters. The summed E-state index contributed by atoms with van der Waals surface area (Å²) in [6.45, 7) is 7.18. The second kappa shape index (κ2) is 8.30. The van der Waals surface area contributed by atoms with Gasteiger partial charge in [-0.05, 0) is 37.6 Å². The van der Waals surface area contributed by atoms with E-state index >= 15 is 0 Å². The topological polar surface area (TPSA) is 28.2 Å². The number of hydrogen-bond donors (Lipinski definition) is 1. The minimum absolute atomic E-state index is 0.850. The van der Waals surface area contributed by atoms with Crippen molar-refractivity contribution < 1.29 is 0 Å². The van der Waals surface area contributed by atoms with Crippen molar-refractivity contribution in [2.24, 2.45) is 0 Å². The molecule has 0 aliphatic carbocycles. The fourth-order valence-corrected chi connectivity index (χ4v) is 2.36. The van der Waals surface area contributed by atoms with Crippen molar-refractivity contribution in [1.82, 2.24) is 4.98 Å². The van der Waals surface area contributed by atoms with E-state index in [1.165, 1.54) is 18.5 Å². The molecule has 1 aromatic carbocycles. The fourth-order valence-electron chi connectivity index (χ4n) is 2.36. The lowest BCUT2D eigenvalue weighted by atomic mass is 10.2. The Morgan fingerprint density at radius 3 is 2.62 bits per heavy atom. The van der Waals surface area contributed by atoms with Crippen LogP contribution in [-0.4, -0.2) is 18.1 Å². The molecule has 21 heavy (non-hydrogen) atoms. The Hall–Kier alpha value is -2.03. The molecular formula is C18H25N3. The summed E-state index contributed by atoms with van der Waals surface area (Å²) < 4.78 is 0. The van der Waals surface area contributed by atoms with Gasteiger partial charge in [-0.3, -0.25) is 4.98 Å². The van der Waals surface area contributed by atoms with Crippen LogP contribution in [0, 0.1) is 0 Å². The van der Waals surface area contributed by atoms with Crippen LogP contribution in [0.25, 0.3) is 0 Å². The van der Waals surface area contributed by atoms with Gasteiger partial charge in [-0.25, -0.2) is 0 Å². The lowest BCUT2D eigenvalue weighted by Gasteiger charge is -2.24. The third kappa shape index (κ3) is 4.78. The SMILES string of the molecule is CCCCN(Cc1cc(NCC)ccn1)c1ccccc1. The highest BCUT2D eigenvalue weighted by Crippen LogP contribution is 2.18. The van der Waals surface area contributed by atoms with Gasteiger partial charge in [0.25, 0.3) is 0 Å². The normalized spacial score (nSPS) is 10.4. The van der Waals surface area contributed by atoms with E-state index < -0.39 is 0 Å². The summed E-state index contributed by atoms with van der Waals surface area (Å²) in [4.78, 5) is 6.92. The molecule has 0 radical (unpaired) electrons. The molecule has 0 aliphatic rings. The molecule has 3 heteroatoms. The molecule has 2 aromatic rings. The number of para-hydroxylation sites is 1. The summed E-state index contributed by atoms with van der Waals surface area (Å²) >= 11 is 0. The van der Waals surface area contributed by atoms with Gasteiger partial charge >= 0.3 is 0 Å². The Bertz CT molecular complexity index is 525. The van der Waals surface area contributed by atoms with Crippen LogP contribution in [-0.2, 0) is 6.54 Å². The summed E-state index contributed by atoms with van der Waals surface area (Å²) in [5.74, 6) is 0. The van der Waals surface area contributed by atoms with Crippen molar-refractivity contribution >= 4 is 11.4 Å². The first-order chi connectivity index (χ1) is 10.3. The zero-order valence-electron chi connectivity index (χ0n) is 13.0. The van der Waals surface area contributed by atoms with Crippen molar-refractivity contribution in [3.8, 4) is 0 Å². The minimum Gasteiger partial charge on any atom is -0.385 e. The molecule has 0 amide bonds. The Labute approximate surface area is 128 Å². The number of unbranched alkanes of at least 4 members (excludes halogenated alkanes) is 1. The van der Waals surface area contributed by atoms with E-state index in [0.717, 1.165) is 31.0 Å². The van der Waals surface area contributed by atoms with Gasteiger partial charge in [-0.1, -0.05) is 31.5 Å². The van der Waals surface area contributed by atoms with Crippen LogP contribution < -0.4 is 10.2 Å². The van der Waals surface area contributed by atoms with Gasteiger partial charge in [-0.15, -0.1) is 0 Å². The maximum absolute atomic E-state index is 4.51. The maximum atomic E-state index is 4.51. The van der Waals surface area contributed by atoms with Crippen LogP contribution in [0.4, 0.5) is 11.4 Å². The molecule has 0 bridgehead atoms. The third-order valence-corrected chi connectivity index (χ3v) is 3.45. The van der Waals surface area contributed by atoms with E-state index in [9.17, 15) is 0 Å². The Balaban J connectivity index is 2.12. The maximum Gasteiger partial charge on any atom is 0.0617 e. The molecule has 1 aromatic heterocycles. The molecule has 2 rings (SSSR count). The van der Waals surface area contributed by atoms with Crippen LogP contribution in [0.5, 0.6) is 0 Å². The summed E-state index contributed by atoms with van der Waals surface area (Å²) in [6, 6.07) is 14.8. The highest BCUT2D eigenvalue weighted by molar-refractivity contribution is 5.48. The molecule has 0 saturated heterocycles. The largest absolute Gasteiger partial charge is 0.385 e. The molecule has 0 fully saturated rings. The average Bonchev–Trinajstić information content (AvgIpc) is 2.53. The summed E-state index contributed by atoms with van der Waals surface area (Å²) in [5.41, 5.74) is 3.51. The number of nitrogens with one attached hydrogen (secondary N) is 1. The molecule has 0 spiro atoms. The lowest BCUT2D eigenvalue weighted by Crippen LogP contribution is -2.24. The van der Waals surface area contributed by atoms with Crippen molar-refractivity contribution in [3.05, 3.63) is 54.4 Å². The fraction of sp³-hybridized carbons (Fsp3) is 0.389. The smallest absolute Gasteiger partial charge is 0.0617 e. The van der Waals surface area contributed by atoms with Crippen LogP contribution >= 0.6 is 0 Å². The van der Waals surface area contributed by atoms with Crippen LogP contribution in [0.2, 0.25) is 0 Å². The van der Waals surface area contributed by atoms with Crippen molar-refractivity contribution in [2.45, 2.75) is 33.2 Å². The van der Waals surface area contributed by atoms with Crippen molar-refractivity contribution in [1.29, 1.82) is 0 Å². The molecule has 0 atom stereocenters. The lowest BCUT2D eigenvalue weighted by molar-refractivity contribution is 0.708. The van der Waals surface area contributed by atoms with Gasteiger partial charge in [-0.2, -0.15) is 0 Å². The van der Waals surface area contributed by atoms with Gasteiger partial charge in [0.05, 0.1) is 12.2 Å². The molecule has 112 valence electrons. The summed E-state index contributed by atoms with van der Waals surface area (Å²) in [7, 11) is 0. The number of benzene rings is 1. The first-order valence-corrected chi connectivity index (χ1v) is 7.82. The van der Waals surface area contributed by atoms with Gasteiger partial charge in [0.1, 0.15) is 0 Å². The zero-order chi connectivity index (χ0) is 14.9. The Morgan fingerprint density at radius 1 is 1.10 bits per heavy atom. The number of nitrogens with zero attached hydrogens (tertiary/aromatic N) is 2. The number of pyridine rings is 1. The number of rotatable bonds is 8. The van der Waals surface area contributed by atoms with E-state index in [2.05, 4.69) is 65.4 Å². The quantitative estimate of drug-likeness (QED) is 0.782. The Morgan fingerprint density at radius 2 is 1.90 bits per heavy atom. The van der Waals surface area contributed by atoms with Gasteiger partial charge in [0, 0.05) is 30.7 Å². The van der Waals surface area contributed by atoms with E-state index in [0.29, 0.717) is 0 Å². The molecule has 1 N–H and O–H groups in total. The first kappa shape index (κ1) is 15.4. The van der Waals surface area contributed by atoms with Gasteiger partial charge in [0.2, 0.25) is 0 Å². The average molecular weight is 283 g/mol.